The van der Waals surface area contributed by atoms with Gasteiger partial charge in [0.05, 0.1) is 6.10 Å². The first-order valence-corrected chi connectivity index (χ1v) is 6.44. The largest absolute Gasteiger partial charge is 0.393 e. The molecule has 1 aliphatic heterocycles. The summed E-state index contributed by atoms with van der Waals surface area (Å²) in [5.41, 5.74) is 0.387. The summed E-state index contributed by atoms with van der Waals surface area (Å²) < 4.78 is 0. The standard InChI is InChI=1S/C13H25NO/c1-10-5-4-8-14(10)12-9-11(15)6-7-13(12,2)3/h10-12,15H,4-9H2,1-3H3. The number of nitrogens with zero attached hydrogens (tertiary/aromatic N) is 1. The van der Waals surface area contributed by atoms with Gasteiger partial charge in [-0.15, -0.1) is 0 Å². The lowest BCUT2D eigenvalue weighted by Gasteiger charge is -2.47. The van der Waals surface area contributed by atoms with Crippen molar-refractivity contribution in [2.75, 3.05) is 6.54 Å². The van der Waals surface area contributed by atoms with Crippen LogP contribution < -0.4 is 0 Å². The van der Waals surface area contributed by atoms with Crippen molar-refractivity contribution >= 4 is 0 Å². The van der Waals surface area contributed by atoms with Gasteiger partial charge in [0, 0.05) is 12.1 Å². The van der Waals surface area contributed by atoms with Crippen molar-refractivity contribution in [1.82, 2.24) is 4.90 Å². The van der Waals surface area contributed by atoms with Gasteiger partial charge in [0.1, 0.15) is 0 Å². The van der Waals surface area contributed by atoms with E-state index >= 15 is 0 Å². The van der Waals surface area contributed by atoms with E-state index in [-0.39, 0.29) is 6.10 Å². The Bertz CT molecular complexity index is 227. The van der Waals surface area contributed by atoms with Crippen molar-refractivity contribution in [3.63, 3.8) is 0 Å². The fraction of sp³-hybridized carbons (Fsp3) is 1.00. The smallest absolute Gasteiger partial charge is 0.0555 e. The summed E-state index contributed by atoms with van der Waals surface area (Å²) in [6, 6.07) is 1.32. The molecule has 2 nitrogen and oxygen atoms in total. The molecule has 0 aromatic heterocycles. The van der Waals surface area contributed by atoms with E-state index < -0.39 is 0 Å². The highest BCUT2D eigenvalue weighted by Gasteiger charge is 2.41. The number of aliphatic hydroxyl groups is 1. The van der Waals surface area contributed by atoms with Gasteiger partial charge >= 0.3 is 0 Å². The molecule has 1 saturated heterocycles. The number of hydrogen-bond acceptors (Lipinski definition) is 2. The summed E-state index contributed by atoms with van der Waals surface area (Å²) in [4.78, 5) is 2.64. The van der Waals surface area contributed by atoms with Gasteiger partial charge in [0.15, 0.2) is 0 Å². The minimum atomic E-state index is -0.0594. The average molecular weight is 211 g/mol. The van der Waals surface area contributed by atoms with Crippen molar-refractivity contribution in [3.05, 3.63) is 0 Å². The van der Waals surface area contributed by atoms with Crippen molar-refractivity contribution < 1.29 is 5.11 Å². The van der Waals surface area contributed by atoms with E-state index in [1.807, 2.05) is 0 Å². The van der Waals surface area contributed by atoms with Gasteiger partial charge in [-0.3, -0.25) is 4.90 Å². The van der Waals surface area contributed by atoms with Crippen molar-refractivity contribution in [2.24, 2.45) is 5.41 Å². The van der Waals surface area contributed by atoms with Gasteiger partial charge in [-0.1, -0.05) is 13.8 Å². The number of aliphatic hydroxyl groups excluding tert-OH is 1. The normalized spacial score (nSPS) is 42.0. The molecule has 1 N–H and O–H groups in total. The predicted octanol–water partition coefficient (Wildman–Crippen LogP) is 2.41. The summed E-state index contributed by atoms with van der Waals surface area (Å²) in [6.07, 6.45) is 5.76. The molecule has 88 valence electrons. The van der Waals surface area contributed by atoms with Crippen LogP contribution in [0.25, 0.3) is 0 Å². The minimum Gasteiger partial charge on any atom is -0.393 e. The first kappa shape index (κ1) is 11.4. The summed E-state index contributed by atoms with van der Waals surface area (Å²) in [5, 5.41) is 9.83. The van der Waals surface area contributed by atoms with E-state index in [0.29, 0.717) is 11.5 Å². The molecule has 0 spiro atoms. The lowest BCUT2D eigenvalue weighted by Crippen LogP contribution is -2.51. The Balaban J connectivity index is 2.10. The van der Waals surface area contributed by atoms with Crippen LogP contribution in [-0.4, -0.2) is 34.7 Å². The maximum Gasteiger partial charge on any atom is 0.0555 e. The summed E-state index contributed by atoms with van der Waals surface area (Å²) in [5.74, 6) is 0. The highest BCUT2D eigenvalue weighted by Crippen LogP contribution is 2.41. The van der Waals surface area contributed by atoms with Gasteiger partial charge in [-0.2, -0.15) is 0 Å². The SMILES string of the molecule is CC1CCCN1C1CC(O)CCC1(C)C. The molecular weight excluding hydrogens is 186 g/mol. The van der Waals surface area contributed by atoms with Gasteiger partial charge in [-0.25, -0.2) is 0 Å². The van der Waals surface area contributed by atoms with Gasteiger partial charge in [0.2, 0.25) is 0 Å². The van der Waals surface area contributed by atoms with Crippen LogP contribution >= 0.6 is 0 Å². The second-order valence-electron chi connectivity index (χ2n) is 6.16. The van der Waals surface area contributed by atoms with E-state index in [9.17, 15) is 5.11 Å². The van der Waals surface area contributed by atoms with E-state index in [0.717, 1.165) is 18.9 Å². The molecule has 2 fully saturated rings. The molecule has 1 aliphatic carbocycles. The molecular formula is C13H25NO. The Labute approximate surface area is 93.7 Å². The zero-order valence-electron chi connectivity index (χ0n) is 10.4. The van der Waals surface area contributed by atoms with Crippen molar-refractivity contribution in [3.8, 4) is 0 Å². The van der Waals surface area contributed by atoms with Gasteiger partial charge < -0.3 is 5.11 Å². The fourth-order valence-corrected chi connectivity index (χ4v) is 3.40. The quantitative estimate of drug-likeness (QED) is 0.720. The van der Waals surface area contributed by atoms with E-state index in [4.69, 9.17) is 0 Å². The summed E-state index contributed by atoms with van der Waals surface area (Å²) >= 11 is 0. The topological polar surface area (TPSA) is 23.5 Å². The van der Waals surface area contributed by atoms with Crippen molar-refractivity contribution in [1.29, 1.82) is 0 Å². The Hall–Kier alpha value is -0.0800. The van der Waals surface area contributed by atoms with Crippen LogP contribution in [0.15, 0.2) is 0 Å². The van der Waals surface area contributed by atoms with Crippen LogP contribution in [-0.2, 0) is 0 Å². The Morgan fingerprint density at radius 2 is 2.00 bits per heavy atom. The molecule has 15 heavy (non-hydrogen) atoms. The van der Waals surface area contributed by atoms with Crippen LogP contribution in [0.3, 0.4) is 0 Å². The number of likely N-dealkylation sites (tertiary alicyclic amines) is 1. The molecule has 3 atom stereocenters. The number of hydrogen-bond donors (Lipinski definition) is 1. The first-order valence-electron chi connectivity index (χ1n) is 6.44. The van der Waals surface area contributed by atoms with E-state index in [1.165, 1.54) is 25.8 Å². The van der Waals surface area contributed by atoms with Gasteiger partial charge in [-0.05, 0) is 51.0 Å². The highest BCUT2D eigenvalue weighted by atomic mass is 16.3. The van der Waals surface area contributed by atoms with Crippen LogP contribution in [0.1, 0.15) is 52.9 Å². The second kappa shape index (κ2) is 4.06. The highest BCUT2D eigenvalue weighted by molar-refractivity contribution is 4.95. The van der Waals surface area contributed by atoms with E-state index in [1.54, 1.807) is 0 Å². The summed E-state index contributed by atoms with van der Waals surface area (Å²) in [6.45, 7) is 8.31. The molecule has 1 saturated carbocycles. The third-order valence-electron chi connectivity index (χ3n) is 4.52. The Kier molecular flexibility index (Phi) is 3.09. The molecule has 0 amide bonds. The first-order chi connectivity index (χ1) is 7.00. The molecule has 0 radical (unpaired) electrons. The molecule has 2 rings (SSSR count). The predicted molar refractivity (Wildman–Crippen MR) is 62.8 cm³/mol. The van der Waals surface area contributed by atoms with Crippen LogP contribution in [0.4, 0.5) is 0 Å². The third-order valence-corrected chi connectivity index (χ3v) is 4.52. The van der Waals surface area contributed by atoms with Crippen LogP contribution in [0, 0.1) is 5.41 Å². The minimum absolute atomic E-state index is 0.0594. The van der Waals surface area contributed by atoms with E-state index in [2.05, 4.69) is 25.7 Å². The van der Waals surface area contributed by atoms with Crippen LogP contribution in [0.5, 0.6) is 0 Å². The molecule has 0 aromatic rings. The molecule has 2 heteroatoms. The third kappa shape index (κ3) is 2.21. The fourth-order valence-electron chi connectivity index (χ4n) is 3.40. The summed E-state index contributed by atoms with van der Waals surface area (Å²) in [7, 11) is 0. The monoisotopic (exact) mass is 211 g/mol. The lowest BCUT2D eigenvalue weighted by atomic mass is 9.71. The van der Waals surface area contributed by atoms with Crippen LogP contribution in [0.2, 0.25) is 0 Å². The zero-order chi connectivity index (χ0) is 11.1. The molecule has 1 heterocycles. The maximum absolute atomic E-state index is 9.83. The Morgan fingerprint density at radius 1 is 1.27 bits per heavy atom. The second-order valence-corrected chi connectivity index (χ2v) is 6.16. The molecule has 0 bridgehead atoms. The number of rotatable bonds is 1. The molecule has 3 unspecified atom stereocenters. The molecule has 2 aliphatic rings. The average Bonchev–Trinajstić information content (AvgIpc) is 2.56. The van der Waals surface area contributed by atoms with Gasteiger partial charge in [0.25, 0.3) is 0 Å². The maximum atomic E-state index is 9.83. The van der Waals surface area contributed by atoms with Crippen molar-refractivity contribution in [2.45, 2.75) is 71.1 Å². The zero-order valence-corrected chi connectivity index (χ0v) is 10.4. The molecule has 0 aromatic carbocycles. The Morgan fingerprint density at radius 3 is 2.60 bits per heavy atom. The lowest BCUT2D eigenvalue weighted by molar-refractivity contribution is -0.0142.